The average Bonchev–Trinajstić information content (AvgIpc) is 2.79. The summed E-state index contributed by atoms with van der Waals surface area (Å²) >= 11 is 0. The molecule has 10 heteroatoms. The van der Waals surface area contributed by atoms with Gasteiger partial charge in [0.2, 0.25) is 10.0 Å². The van der Waals surface area contributed by atoms with Gasteiger partial charge in [0, 0.05) is 30.4 Å². The van der Waals surface area contributed by atoms with Crippen molar-refractivity contribution in [3.63, 3.8) is 0 Å². The zero-order valence-electron chi connectivity index (χ0n) is 17.0. The van der Waals surface area contributed by atoms with Crippen molar-refractivity contribution in [2.24, 2.45) is 0 Å². The normalized spacial score (nSPS) is 14.8. The van der Waals surface area contributed by atoms with Crippen LogP contribution in [0.25, 0.3) is 0 Å². The van der Waals surface area contributed by atoms with E-state index in [9.17, 15) is 13.2 Å². The highest BCUT2D eigenvalue weighted by molar-refractivity contribution is 7.89. The second-order valence-corrected chi connectivity index (χ2v) is 8.34. The molecule has 0 aromatic heterocycles. The third-order valence-electron chi connectivity index (χ3n) is 4.62. The van der Waals surface area contributed by atoms with Gasteiger partial charge >= 0.3 is 0 Å². The molecule has 0 unspecified atom stereocenters. The topological polar surface area (TPSA) is 103 Å². The van der Waals surface area contributed by atoms with E-state index < -0.39 is 15.9 Å². The number of hydrogen-bond acceptors (Lipinski definition) is 7. The quantitative estimate of drug-likeness (QED) is 0.708. The second-order valence-electron chi connectivity index (χ2n) is 6.44. The zero-order chi connectivity index (χ0) is 21.7. The highest BCUT2D eigenvalue weighted by Crippen LogP contribution is 2.31. The molecular weight excluding hydrogens is 412 g/mol. The summed E-state index contributed by atoms with van der Waals surface area (Å²) in [6, 6.07) is 9.25. The smallest absolute Gasteiger partial charge is 0.255 e. The van der Waals surface area contributed by atoms with E-state index in [0.717, 1.165) is 0 Å². The van der Waals surface area contributed by atoms with Crippen LogP contribution in [0.15, 0.2) is 41.3 Å². The molecule has 1 amide bonds. The van der Waals surface area contributed by atoms with Crippen molar-refractivity contribution in [3.8, 4) is 17.2 Å². The highest BCUT2D eigenvalue weighted by Gasteiger charge is 2.29. The molecule has 2 aromatic rings. The van der Waals surface area contributed by atoms with Gasteiger partial charge in [-0.2, -0.15) is 4.31 Å². The predicted molar refractivity (Wildman–Crippen MR) is 110 cm³/mol. The van der Waals surface area contributed by atoms with E-state index >= 15 is 0 Å². The number of benzene rings is 2. The van der Waals surface area contributed by atoms with Crippen LogP contribution in [0.3, 0.4) is 0 Å². The van der Waals surface area contributed by atoms with E-state index in [-0.39, 0.29) is 23.7 Å². The first-order chi connectivity index (χ1) is 14.4. The van der Waals surface area contributed by atoms with Gasteiger partial charge in [-0.25, -0.2) is 8.42 Å². The highest BCUT2D eigenvalue weighted by atomic mass is 32.2. The average molecular weight is 436 g/mol. The number of amides is 1. The molecule has 0 bridgehead atoms. The molecule has 0 aliphatic carbocycles. The Labute approximate surface area is 175 Å². The summed E-state index contributed by atoms with van der Waals surface area (Å²) in [5.41, 5.74) is 0.619. The standard InChI is InChI=1S/C20H24N2O7S/c1-26-16-10-14(11-17(13-16)27-2)20(23)21-15-4-5-18(28-3)19(12-15)30(24,25)22-6-8-29-9-7-22/h4-5,10-13H,6-9H2,1-3H3,(H,21,23). The maximum Gasteiger partial charge on any atom is 0.255 e. The van der Waals surface area contributed by atoms with Crippen LogP contribution in [-0.2, 0) is 14.8 Å². The minimum Gasteiger partial charge on any atom is -0.497 e. The fourth-order valence-electron chi connectivity index (χ4n) is 3.02. The Morgan fingerprint density at radius 3 is 2.17 bits per heavy atom. The third kappa shape index (κ3) is 4.66. The molecular formula is C20H24N2O7S. The number of nitrogens with one attached hydrogen (secondary N) is 1. The van der Waals surface area contributed by atoms with Crippen molar-refractivity contribution in [3.05, 3.63) is 42.0 Å². The number of ether oxygens (including phenoxy) is 4. The molecule has 0 atom stereocenters. The molecule has 3 rings (SSSR count). The Hall–Kier alpha value is -2.82. The molecule has 30 heavy (non-hydrogen) atoms. The van der Waals surface area contributed by atoms with Crippen molar-refractivity contribution >= 4 is 21.6 Å². The number of carbonyl (C=O) groups is 1. The van der Waals surface area contributed by atoms with E-state index in [2.05, 4.69) is 5.32 Å². The van der Waals surface area contributed by atoms with Crippen LogP contribution in [0.2, 0.25) is 0 Å². The maximum absolute atomic E-state index is 13.1. The van der Waals surface area contributed by atoms with Crippen LogP contribution in [-0.4, -0.2) is 66.3 Å². The molecule has 0 spiro atoms. The van der Waals surface area contributed by atoms with Gasteiger partial charge in [0.1, 0.15) is 22.1 Å². The lowest BCUT2D eigenvalue weighted by atomic mass is 10.1. The molecule has 1 aliphatic rings. The minimum atomic E-state index is -3.81. The van der Waals surface area contributed by atoms with Gasteiger partial charge in [0.15, 0.2) is 0 Å². The van der Waals surface area contributed by atoms with E-state index in [1.165, 1.54) is 37.8 Å². The van der Waals surface area contributed by atoms with E-state index in [0.29, 0.717) is 36.0 Å². The molecule has 1 heterocycles. The van der Waals surface area contributed by atoms with Crippen LogP contribution >= 0.6 is 0 Å². The molecule has 1 aliphatic heterocycles. The predicted octanol–water partition coefficient (Wildman–Crippen LogP) is 1.99. The van der Waals surface area contributed by atoms with Crippen LogP contribution in [0.4, 0.5) is 5.69 Å². The molecule has 1 saturated heterocycles. The van der Waals surface area contributed by atoms with Gasteiger partial charge in [-0.1, -0.05) is 0 Å². The van der Waals surface area contributed by atoms with E-state index in [1.807, 2.05) is 0 Å². The van der Waals surface area contributed by atoms with Crippen molar-refractivity contribution < 1.29 is 32.2 Å². The maximum atomic E-state index is 13.1. The Morgan fingerprint density at radius 2 is 1.60 bits per heavy atom. The van der Waals surface area contributed by atoms with E-state index in [4.69, 9.17) is 18.9 Å². The summed E-state index contributed by atoms with van der Waals surface area (Å²) in [7, 11) is 0.563. The number of sulfonamides is 1. The van der Waals surface area contributed by atoms with Crippen LogP contribution in [0, 0.1) is 0 Å². The zero-order valence-corrected chi connectivity index (χ0v) is 17.8. The van der Waals surface area contributed by atoms with Gasteiger partial charge in [-0.05, 0) is 30.3 Å². The van der Waals surface area contributed by atoms with Crippen molar-refractivity contribution in [2.45, 2.75) is 4.90 Å². The second kappa shape index (κ2) is 9.33. The van der Waals surface area contributed by atoms with E-state index in [1.54, 1.807) is 24.3 Å². The lowest BCUT2D eigenvalue weighted by Crippen LogP contribution is -2.40. The molecule has 9 nitrogen and oxygen atoms in total. The number of hydrogen-bond donors (Lipinski definition) is 1. The number of methoxy groups -OCH3 is 3. The molecule has 162 valence electrons. The van der Waals surface area contributed by atoms with Crippen molar-refractivity contribution in [1.29, 1.82) is 0 Å². The lowest BCUT2D eigenvalue weighted by Gasteiger charge is -2.26. The number of rotatable bonds is 7. The summed E-state index contributed by atoms with van der Waals surface area (Å²) in [4.78, 5) is 12.7. The number of nitrogens with zero attached hydrogens (tertiary/aromatic N) is 1. The Balaban J connectivity index is 1.91. The summed E-state index contributed by atoms with van der Waals surface area (Å²) in [5.74, 6) is 0.684. The molecule has 0 radical (unpaired) electrons. The first kappa shape index (κ1) is 21.9. The van der Waals surface area contributed by atoms with Gasteiger partial charge in [0.05, 0.1) is 34.5 Å². The summed E-state index contributed by atoms with van der Waals surface area (Å²) < 4.78 is 48.4. The first-order valence-corrected chi connectivity index (χ1v) is 10.6. The largest absolute Gasteiger partial charge is 0.497 e. The Morgan fingerprint density at radius 1 is 0.967 bits per heavy atom. The molecule has 0 saturated carbocycles. The van der Waals surface area contributed by atoms with Gasteiger partial charge in [-0.3, -0.25) is 4.79 Å². The Kier molecular flexibility index (Phi) is 6.80. The minimum absolute atomic E-state index is 0.0204. The Bertz CT molecular complexity index is 996. The number of anilines is 1. The molecule has 2 aromatic carbocycles. The molecule has 1 fully saturated rings. The first-order valence-electron chi connectivity index (χ1n) is 9.19. The van der Waals surface area contributed by atoms with Gasteiger partial charge in [-0.15, -0.1) is 0 Å². The van der Waals surface area contributed by atoms with Crippen LogP contribution in [0.1, 0.15) is 10.4 Å². The third-order valence-corrected chi connectivity index (χ3v) is 6.54. The number of carbonyl (C=O) groups excluding carboxylic acids is 1. The summed E-state index contributed by atoms with van der Waals surface area (Å²) in [5, 5.41) is 2.71. The van der Waals surface area contributed by atoms with Crippen LogP contribution in [0.5, 0.6) is 17.2 Å². The summed E-state index contributed by atoms with van der Waals surface area (Å²) in [6.07, 6.45) is 0. The lowest BCUT2D eigenvalue weighted by molar-refractivity contribution is 0.0729. The van der Waals surface area contributed by atoms with Crippen molar-refractivity contribution in [2.75, 3.05) is 52.9 Å². The van der Waals surface area contributed by atoms with Gasteiger partial charge < -0.3 is 24.3 Å². The van der Waals surface area contributed by atoms with Gasteiger partial charge in [0.25, 0.3) is 5.91 Å². The fourth-order valence-corrected chi connectivity index (χ4v) is 4.61. The number of morpholine rings is 1. The monoisotopic (exact) mass is 436 g/mol. The van der Waals surface area contributed by atoms with Crippen LogP contribution < -0.4 is 19.5 Å². The van der Waals surface area contributed by atoms with Crippen molar-refractivity contribution in [1.82, 2.24) is 4.31 Å². The molecule has 1 N–H and O–H groups in total. The fraction of sp³-hybridized carbons (Fsp3) is 0.350. The SMILES string of the molecule is COc1cc(OC)cc(C(=O)Nc2ccc(OC)c(S(=O)(=O)N3CCOCC3)c2)c1. The summed E-state index contributed by atoms with van der Waals surface area (Å²) in [6.45, 7) is 1.17.